The van der Waals surface area contributed by atoms with Crippen LogP contribution in [0.15, 0.2) is 12.1 Å². The van der Waals surface area contributed by atoms with Crippen molar-refractivity contribution in [3.05, 3.63) is 22.2 Å². The summed E-state index contributed by atoms with van der Waals surface area (Å²) in [7, 11) is 0. The predicted molar refractivity (Wildman–Crippen MR) is 75.1 cm³/mol. The van der Waals surface area contributed by atoms with E-state index in [4.69, 9.17) is 5.73 Å². The van der Waals surface area contributed by atoms with E-state index in [1.165, 1.54) is 12.1 Å². The number of nitro groups is 1. The van der Waals surface area contributed by atoms with E-state index in [0.29, 0.717) is 11.7 Å². The highest BCUT2D eigenvalue weighted by Gasteiger charge is 2.32. The molecule has 1 unspecified atom stereocenters. The molecule has 1 saturated heterocycles. The number of rotatable bonds is 2. The first-order valence-corrected chi connectivity index (χ1v) is 6.44. The maximum Gasteiger partial charge on any atom is 0.276 e. The third-order valence-corrected chi connectivity index (χ3v) is 3.76. The molecule has 6 heteroatoms. The van der Waals surface area contributed by atoms with Crippen LogP contribution in [-0.4, -0.2) is 23.0 Å². The van der Waals surface area contributed by atoms with Crippen LogP contribution in [0, 0.1) is 21.4 Å². The Bertz CT molecular complexity index is 496. The zero-order valence-corrected chi connectivity index (χ0v) is 11.6. The third-order valence-electron chi connectivity index (χ3n) is 3.76. The van der Waals surface area contributed by atoms with Gasteiger partial charge in [-0.25, -0.2) is 4.98 Å². The summed E-state index contributed by atoms with van der Waals surface area (Å²) in [6, 6.07) is 2.79. The summed E-state index contributed by atoms with van der Waals surface area (Å²) in [4.78, 5) is 16.7. The van der Waals surface area contributed by atoms with E-state index in [-0.39, 0.29) is 16.9 Å². The Labute approximate surface area is 112 Å². The van der Waals surface area contributed by atoms with Crippen molar-refractivity contribution >= 4 is 17.3 Å². The van der Waals surface area contributed by atoms with Gasteiger partial charge >= 0.3 is 0 Å². The summed E-state index contributed by atoms with van der Waals surface area (Å²) >= 11 is 0. The van der Waals surface area contributed by atoms with Gasteiger partial charge in [0, 0.05) is 13.1 Å². The summed E-state index contributed by atoms with van der Waals surface area (Å²) < 4.78 is 0. The standard InChI is InChI=1S/C13H20N4O2/c1-13(2,3)9-4-5-16(8-9)12-7-10(17(18)19)6-11(14)15-12/h6-7,9H,4-5,8H2,1-3H3,(H2,14,15). The van der Waals surface area contributed by atoms with Gasteiger partial charge in [0.05, 0.1) is 17.1 Å². The van der Waals surface area contributed by atoms with E-state index in [9.17, 15) is 10.1 Å². The lowest BCUT2D eigenvalue weighted by Crippen LogP contribution is -2.26. The first-order valence-electron chi connectivity index (χ1n) is 6.44. The Kier molecular flexibility index (Phi) is 3.34. The maximum absolute atomic E-state index is 10.8. The monoisotopic (exact) mass is 264 g/mol. The van der Waals surface area contributed by atoms with Gasteiger partial charge in [0.1, 0.15) is 11.6 Å². The summed E-state index contributed by atoms with van der Waals surface area (Å²) in [6.45, 7) is 8.40. The van der Waals surface area contributed by atoms with E-state index in [1.54, 1.807) is 0 Å². The van der Waals surface area contributed by atoms with Gasteiger partial charge in [0.15, 0.2) is 0 Å². The molecule has 1 aliphatic heterocycles. The molecule has 0 bridgehead atoms. The molecule has 0 aromatic carbocycles. The fourth-order valence-corrected chi connectivity index (χ4v) is 2.46. The number of nitrogens with zero attached hydrogens (tertiary/aromatic N) is 3. The van der Waals surface area contributed by atoms with Crippen LogP contribution in [0.5, 0.6) is 0 Å². The summed E-state index contributed by atoms with van der Waals surface area (Å²) in [5.41, 5.74) is 5.88. The zero-order valence-electron chi connectivity index (χ0n) is 11.6. The molecule has 1 aromatic rings. The lowest BCUT2D eigenvalue weighted by Gasteiger charge is -2.27. The molecule has 0 amide bonds. The van der Waals surface area contributed by atoms with Crippen LogP contribution in [0.4, 0.5) is 17.3 Å². The highest BCUT2D eigenvalue weighted by atomic mass is 16.6. The van der Waals surface area contributed by atoms with Gasteiger partial charge in [-0.3, -0.25) is 10.1 Å². The van der Waals surface area contributed by atoms with Gasteiger partial charge < -0.3 is 10.6 Å². The van der Waals surface area contributed by atoms with Crippen molar-refractivity contribution in [2.24, 2.45) is 11.3 Å². The van der Waals surface area contributed by atoms with Crippen LogP contribution in [-0.2, 0) is 0 Å². The fraction of sp³-hybridized carbons (Fsp3) is 0.615. The van der Waals surface area contributed by atoms with E-state index in [2.05, 4.69) is 30.7 Å². The maximum atomic E-state index is 10.8. The molecule has 19 heavy (non-hydrogen) atoms. The molecule has 1 atom stereocenters. The Morgan fingerprint density at radius 3 is 2.68 bits per heavy atom. The van der Waals surface area contributed by atoms with Crippen molar-refractivity contribution in [1.29, 1.82) is 0 Å². The van der Waals surface area contributed by atoms with Gasteiger partial charge in [0.2, 0.25) is 0 Å². The second-order valence-electron chi connectivity index (χ2n) is 6.16. The average Bonchev–Trinajstić information content (AvgIpc) is 2.76. The number of pyridine rings is 1. The second-order valence-corrected chi connectivity index (χ2v) is 6.16. The van der Waals surface area contributed by atoms with Gasteiger partial charge in [-0.2, -0.15) is 0 Å². The molecule has 0 radical (unpaired) electrons. The van der Waals surface area contributed by atoms with Crippen molar-refractivity contribution in [3.8, 4) is 0 Å². The van der Waals surface area contributed by atoms with E-state index in [1.807, 2.05) is 0 Å². The van der Waals surface area contributed by atoms with Gasteiger partial charge in [-0.05, 0) is 17.8 Å². The number of aromatic nitrogens is 1. The van der Waals surface area contributed by atoms with Crippen LogP contribution in [0.3, 0.4) is 0 Å². The molecular formula is C13H20N4O2. The number of nitrogens with two attached hydrogens (primary N) is 1. The number of hydrogen-bond acceptors (Lipinski definition) is 5. The minimum absolute atomic E-state index is 0.00158. The van der Waals surface area contributed by atoms with Crippen LogP contribution in [0.1, 0.15) is 27.2 Å². The van der Waals surface area contributed by atoms with E-state index >= 15 is 0 Å². The van der Waals surface area contributed by atoms with Crippen molar-refractivity contribution in [2.75, 3.05) is 23.7 Å². The van der Waals surface area contributed by atoms with Gasteiger partial charge in [-0.1, -0.05) is 20.8 Å². The highest BCUT2D eigenvalue weighted by molar-refractivity contribution is 5.54. The summed E-state index contributed by atoms with van der Waals surface area (Å²) in [5, 5.41) is 10.8. The van der Waals surface area contributed by atoms with Crippen LogP contribution in [0.2, 0.25) is 0 Å². The van der Waals surface area contributed by atoms with Gasteiger partial charge in [0.25, 0.3) is 5.69 Å². The normalized spacial score (nSPS) is 19.7. The minimum atomic E-state index is -0.432. The first kappa shape index (κ1) is 13.6. The molecule has 2 rings (SSSR count). The molecule has 1 aliphatic rings. The molecule has 0 saturated carbocycles. The minimum Gasteiger partial charge on any atom is -0.383 e. The number of hydrogen-bond donors (Lipinski definition) is 1. The molecule has 2 N–H and O–H groups in total. The highest BCUT2D eigenvalue weighted by Crippen LogP contribution is 2.35. The Hall–Kier alpha value is -1.85. The van der Waals surface area contributed by atoms with Crippen LogP contribution >= 0.6 is 0 Å². The topological polar surface area (TPSA) is 85.3 Å². The molecular weight excluding hydrogens is 244 g/mol. The summed E-state index contributed by atoms with van der Waals surface area (Å²) in [5.74, 6) is 1.37. The third kappa shape index (κ3) is 2.94. The van der Waals surface area contributed by atoms with Crippen molar-refractivity contribution in [1.82, 2.24) is 4.98 Å². The van der Waals surface area contributed by atoms with Crippen LogP contribution in [0.25, 0.3) is 0 Å². The molecule has 0 aliphatic carbocycles. The predicted octanol–water partition coefficient (Wildman–Crippen LogP) is 2.44. The smallest absolute Gasteiger partial charge is 0.276 e. The molecule has 2 heterocycles. The largest absolute Gasteiger partial charge is 0.383 e. The van der Waals surface area contributed by atoms with Crippen molar-refractivity contribution < 1.29 is 4.92 Å². The molecule has 1 fully saturated rings. The number of nitrogen functional groups attached to an aromatic ring is 1. The SMILES string of the molecule is CC(C)(C)C1CCN(c2cc([N+](=O)[O-])cc(N)n2)C1. The first-order chi connectivity index (χ1) is 8.77. The fourth-order valence-electron chi connectivity index (χ4n) is 2.46. The van der Waals surface area contributed by atoms with Crippen LogP contribution < -0.4 is 10.6 Å². The zero-order chi connectivity index (χ0) is 14.2. The lowest BCUT2D eigenvalue weighted by atomic mass is 9.80. The van der Waals surface area contributed by atoms with Crippen molar-refractivity contribution in [2.45, 2.75) is 27.2 Å². The molecule has 104 valence electrons. The van der Waals surface area contributed by atoms with Crippen molar-refractivity contribution in [3.63, 3.8) is 0 Å². The van der Waals surface area contributed by atoms with Gasteiger partial charge in [-0.15, -0.1) is 0 Å². The van der Waals surface area contributed by atoms with E-state index < -0.39 is 4.92 Å². The molecule has 0 spiro atoms. The molecule has 1 aromatic heterocycles. The Balaban J connectivity index is 2.22. The lowest BCUT2D eigenvalue weighted by molar-refractivity contribution is -0.384. The number of anilines is 2. The van der Waals surface area contributed by atoms with E-state index in [0.717, 1.165) is 19.5 Å². The quantitative estimate of drug-likeness (QED) is 0.655. The molecule has 6 nitrogen and oxygen atoms in total. The summed E-state index contributed by atoms with van der Waals surface area (Å²) in [6.07, 6.45) is 1.08. The average molecular weight is 264 g/mol. The second kappa shape index (κ2) is 4.68. The Morgan fingerprint density at radius 1 is 1.47 bits per heavy atom. The Morgan fingerprint density at radius 2 is 2.16 bits per heavy atom.